The van der Waals surface area contributed by atoms with Crippen LogP contribution >= 0.6 is 22.6 Å². The van der Waals surface area contributed by atoms with Gasteiger partial charge in [0, 0.05) is 0 Å². The lowest BCUT2D eigenvalue weighted by molar-refractivity contribution is 0.146. The summed E-state index contributed by atoms with van der Waals surface area (Å²) in [5.74, 6) is -0.516. The minimum absolute atomic E-state index is 0.0951. The zero-order valence-corrected chi connectivity index (χ0v) is 10.9. The number of rotatable bonds is 3. The monoisotopic (exact) mass is 364 g/mol. The Morgan fingerprint density at radius 1 is 1.56 bits per heavy atom. The highest BCUT2D eigenvalue weighted by molar-refractivity contribution is 14.1. The number of nitrogens with zero attached hydrogens (tertiary/aromatic N) is 1. The molecule has 0 radical (unpaired) electrons. The smallest absolute Gasteiger partial charge is 0.267 e. The molecule has 0 unspecified atom stereocenters. The molecule has 0 atom stereocenters. The Morgan fingerprint density at radius 3 is 2.50 bits per heavy atom. The van der Waals surface area contributed by atoms with Gasteiger partial charge in [-0.25, -0.2) is 27.3 Å². The third-order valence-corrected chi connectivity index (χ3v) is 3.02. The van der Waals surface area contributed by atoms with Crippen molar-refractivity contribution in [2.75, 3.05) is 7.11 Å². The molecule has 90 valence electrons. The predicted molar refractivity (Wildman–Crippen MR) is 59.8 cm³/mol. The van der Waals surface area contributed by atoms with Crippen molar-refractivity contribution in [3.8, 4) is 5.75 Å². The second-order valence-electron chi connectivity index (χ2n) is 2.72. The number of halogens is 3. The van der Waals surface area contributed by atoms with Crippen LogP contribution in [0, 0.1) is 3.70 Å². The van der Waals surface area contributed by atoms with E-state index in [2.05, 4.69) is 9.72 Å². The van der Waals surface area contributed by atoms with Crippen LogP contribution in [0.2, 0.25) is 0 Å². The molecule has 0 aromatic carbocycles. The quantitative estimate of drug-likeness (QED) is 0.647. The molecule has 0 fully saturated rings. The highest BCUT2D eigenvalue weighted by Gasteiger charge is 2.25. The van der Waals surface area contributed by atoms with Gasteiger partial charge in [0.2, 0.25) is 5.03 Å². The maximum absolute atomic E-state index is 12.6. The molecule has 0 spiro atoms. The number of hydrogen-bond donors (Lipinski definition) is 1. The Balaban J connectivity index is 3.62. The van der Waals surface area contributed by atoms with Crippen molar-refractivity contribution in [1.82, 2.24) is 4.98 Å². The summed E-state index contributed by atoms with van der Waals surface area (Å²) in [7, 11) is -3.12. The van der Waals surface area contributed by atoms with Crippen LogP contribution < -0.4 is 9.88 Å². The molecule has 0 aliphatic carbocycles. The number of methoxy groups -OCH3 is 1. The second-order valence-corrected chi connectivity index (χ2v) is 5.30. The van der Waals surface area contributed by atoms with E-state index in [9.17, 15) is 17.2 Å². The van der Waals surface area contributed by atoms with Gasteiger partial charge in [0.15, 0.2) is 5.75 Å². The van der Waals surface area contributed by atoms with Crippen molar-refractivity contribution in [3.63, 3.8) is 0 Å². The summed E-state index contributed by atoms with van der Waals surface area (Å²) >= 11 is 1.62. The van der Waals surface area contributed by atoms with Gasteiger partial charge in [0.05, 0.1) is 12.7 Å². The summed E-state index contributed by atoms with van der Waals surface area (Å²) in [5, 5.41) is 4.17. The average Bonchev–Trinajstić information content (AvgIpc) is 2.14. The minimum atomic E-state index is -4.20. The molecule has 0 saturated heterocycles. The van der Waals surface area contributed by atoms with Gasteiger partial charge in [0.25, 0.3) is 16.4 Å². The molecule has 0 aliphatic heterocycles. The Bertz CT molecular complexity index is 507. The molecule has 16 heavy (non-hydrogen) atoms. The van der Waals surface area contributed by atoms with Crippen LogP contribution in [0.15, 0.2) is 11.1 Å². The van der Waals surface area contributed by atoms with Gasteiger partial charge in [-0.1, -0.05) is 0 Å². The zero-order chi connectivity index (χ0) is 12.5. The first-order chi connectivity index (χ1) is 7.27. The molecule has 2 N–H and O–H groups in total. The number of pyridine rings is 1. The van der Waals surface area contributed by atoms with Crippen LogP contribution in [0.5, 0.6) is 5.75 Å². The van der Waals surface area contributed by atoms with Crippen LogP contribution in [0.25, 0.3) is 0 Å². The van der Waals surface area contributed by atoms with E-state index in [0.717, 1.165) is 13.2 Å². The highest BCUT2D eigenvalue weighted by Crippen LogP contribution is 2.33. The van der Waals surface area contributed by atoms with E-state index in [4.69, 9.17) is 5.14 Å². The molecule has 1 aromatic heterocycles. The largest absolute Gasteiger partial charge is 0.493 e. The lowest BCUT2D eigenvalue weighted by Crippen LogP contribution is -2.17. The number of primary sulfonamides is 1. The maximum Gasteiger partial charge on any atom is 0.267 e. The predicted octanol–water partition coefficient (Wildman–Crippen LogP) is 1.28. The van der Waals surface area contributed by atoms with E-state index in [0.29, 0.717) is 0 Å². The molecular formula is C7H7F2IN2O3S. The van der Waals surface area contributed by atoms with Crippen molar-refractivity contribution in [2.45, 2.75) is 11.5 Å². The molecule has 0 saturated carbocycles. The van der Waals surface area contributed by atoms with Crippen LogP contribution in [-0.4, -0.2) is 20.5 Å². The summed E-state index contributed by atoms with van der Waals surface area (Å²) in [4.78, 5) is 3.57. The molecule has 0 aliphatic rings. The summed E-state index contributed by atoms with van der Waals surface area (Å²) in [6.07, 6.45) is -2.87. The fraction of sp³-hybridized carbons (Fsp3) is 0.286. The normalized spacial score (nSPS) is 11.9. The molecular weight excluding hydrogens is 357 g/mol. The third-order valence-electron chi connectivity index (χ3n) is 1.65. The first-order valence-electron chi connectivity index (χ1n) is 3.82. The van der Waals surface area contributed by atoms with Gasteiger partial charge < -0.3 is 4.74 Å². The number of hydrogen-bond acceptors (Lipinski definition) is 4. The zero-order valence-electron chi connectivity index (χ0n) is 7.95. The van der Waals surface area contributed by atoms with Gasteiger partial charge in [-0.15, -0.1) is 0 Å². The van der Waals surface area contributed by atoms with Crippen molar-refractivity contribution in [1.29, 1.82) is 0 Å². The SMILES string of the molecule is COc1c(C(F)F)cc(I)nc1S(N)(=O)=O. The van der Waals surface area contributed by atoms with Crippen molar-refractivity contribution < 1.29 is 21.9 Å². The van der Waals surface area contributed by atoms with Gasteiger partial charge in [0.1, 0.15) is 3.70 Å². The van der Waals surface area contributed by atoms with E-state index in [-0.39, 0.29) is 3.70 Å². The summed E-state index contributed by atoms with van der Waals surface area (Å²) < 4.78 is 52.2. The van der Waals surface area contributed by atoms with Crippen LogP contribution in [0.3, 0.4) is 0 Å². The third kappa shape index (κ3) is 2.77. The van der Waals surface area contributed by atoms with Crippen LogP contribution in [-0.2, 0) is 10.0 Å². The number of aromatic nitrogens is 1. The fourth-order valence-electron chi connectivity index (χ4n) is 1.06. The Hall–Kier alpha value is -0.550. The van der Waals surface area contributed by atoms with E-state index in [1.807, 2.05) is 0 Å². The topological polar surface area (TPSA) is 82.3 Å². The van der Waals surface area contributed by atoms with Crippen LogP contribution in [0.4, 0.5) is 8.78 Å². The summed E-state index contributed by atoms with van der Waals surface area (Å²) in [6.45, 7) is 0. The van der Waals surface area contributed by atoms with Crippen LogP contribution in [0.1, 0.15) is 12.0 Å². The fourth-order valence-corrected chi connectivity index (χ4v) is 2.48. The Kier molecular flexibility index (Phi) is 4.02. The highest BCUT2D eigenvalue weighted by atomic mass is 127. The Morgan fingerprint density at radius 2 is 2.12 bits per heavy atom. The molecule has 1 rings (SSSR count). The average molecular weight is 364 g/mol. The minimum Gasteiger partial charge on any atom is -0.493 e. The summed E-state index contributed by atoms with van der Waals surface area (Å²) in [6, 6.07) is 1.04. The molecule has 0 bridgehead atoms. The summed E-state index contributed by atoms with van der Waals surface area (Å²) in [5.41, 5.74) is -0.550. The maximum atomic E-state index is 12.6. The van der Waals surface area contributed by atoms with Gasteiger partial charge in [-0.3, -0.25) is 0 Å². The molecule has 5 nitrogen and oxygen atoms in total. The number of nitrogens with two attached hydrogens (primary N) is 1. The molecule has 1 heterocycles. The standard InChI is InChI=1S/C7H7F2IN2O3S/c1-15-5-3(6(8)9)2-4(10)12-7(5)16(11,13)14/h2,6H,1H3,(H2,11,13,14). The van der Waals surface area contributed by atoms with Gasteiger partial charge >= 0.3 is 0 Å². The Labute approximate surface area is 104 Å². The van der Waals surface area contributed by atoms with Crippen molar-refractivity contribution in [3.05, 3.63) is 15.3 Å². The number of sulfonamides is 1. The lowest BCUT2D eigenvalue weighted by Gasteiger charge is -2.11. The van der Waals surface area contributed by atoms with Gasteiger partial charge in [-0.05, 0) is 28.7 Å². The molecule has 0 amide bonds. The second kappa shape index (κ2) is 4.75. The van der Waals surface area contributed by atoms with E-state index < -0.39 is 32.8 Å². The van der Waals surface area contributed by atoms with E-state index >= 15 is 0 Å². The van der Waals surface area contributed by atoms with E-state index in [1.54, 1.807) is 22.6 Å². The van der Waals surface area contributed by atoms with Crippen molar-refractivity contribution in [2.24, 2.45) is 5.14 Å². The first-order valence-corrected chi connectivity index (χ1v) is 6.45. The molecule has 1 aromatic rings. The number of ether oxygens (including phenoxy) is 1. The molecule has 9 heteroatoms. The van der Waals surface area contributed by atoms with Gasteiger partial charge in [-0.2, -0.15) is 0 Å². The van der Waals surface area contributed by atoms with Crippen molar-refractivity contribution >= 4 is 32.6 Å². The first kappa shape index (κ1) is 13.5. The van der Waals surface area contributed by atoms with E-state index in [1.165, 1.54) is 0 Å². The lowest BCUT2D eigenvalue weighted by atomic mass is 10.2. The number of alkyl halides is 2.